The van der Waals surface area contributed by atoms with E-state index >= 15 is 0 Å². The highest BCUT2D eigenvalue weighted by molar-refractivity contribution is 5.95. The molecular weight excluding hydrogens is 370 g/mol. The molecule has 0 saturated heterocycles. The zero-order chi connectivity index (χ0) is 21.0. The lowest BCUT2D eigenvalue weighted by Gasteiger charge is -2.15. The van der Waals surface area contributed by atoms with Gasteiger partial charge in [-0.3, -0.25) is 14.4 Å². The minimum absolute atomic E-state index is 0.00235. The van der Waals surface area contributed by atoms with Gasteiger partial charge in [-0.15, -0.1) is 0 Å². The Hall–Kier alpha value is -3.48. The number of hydrogen-bond acceptors (Lipinski definition) is 5. The molecule has 1 amide bonds. The number of para-hydroxylation sites is 1. The first-order valence-electron chi connectivity index (χ1n) is 9.39. The van der Waals surface area contributed by atoms with Crippen molar-refractivity contribution < 1.29 is 14.3 Å². The first kappa shape index (κ1) is 20.3. The van der Waals surface area contributed by atoms with Crippen molar-refractivity contribution in [2.75, 3.05) is 5.32 Å². The number of benzene rings is 2. The lowest BCUT2D eigenvalue weighted by atomic mass is 10.1. The number of aromatic amines is 1. The van der Waals surface area contributed by atoms with E-state index in [1.165, 1.54) is 6.92 Å². The van der Waals surface area contributed by atoms with Crippen molar-refractivity contribution >= 4 is 28.5 Å². The van der Waals surface area contributed by atoms with Gasteiger partial charge in [0.15, 0.2) is 6.10 Å². The van der Waals surface area contributed by atoms with E-state index < -0.39 is 18.0 Å². The second-order valence-corrected chi connectivity index (χ2v) is 6.97. The number of amides is 1. The van der Waals surface area contributed by atoms with Gasteiger partial charge < -0.3 is 15.0 Å². The van der Waals surface area contributed by atoms with Crippen LogP contribution in [-0.4, -0.2) is 27.9 Å². The molecule has 150 valence electrons. The van der Waals surface area contributed by atoms with Crippen LogP contribution in [0.4, 0.5) is 5.69 Å². The molecule has 0 radical (unpaired) electrons. The number of aromatic nitrogens is 2. The number of rotatable bonds is 6. The van der Waals surface area contributed by atoms with E-state index in [0.29, 0.717) is 22.4 Å². The summed E-state index contributed by atoms with van der Waals surface area (Å²) in [5.41, 5.74) is 2.96. The fourth-order valence-electron chi connectivity index (χ4n) is 2.89. The van der Waals surface area contributed by atoms with E-state index in [9.17, 15) is 14.4 Å². The van der Waals surface area contributed by atoms with E-state index in [1.807, 2.05) is 32.0 Å². The SMILES string of the molecule is Cc1ccc(C)c(NC(=O)[C@@H](C)OC(=O)CCc2nc3ccccc3c(=O)[nH]2)c1. The van der Waals surface area contributed by atoms with Crippen LogP contribution in [0.3, 0.4) is 0 Å². The molecule has 0 aliphatic heterocycles. The van der Waals surface area contributed by atoms with Crippen LogP contribution in [0.1, 0.15) is 30.3 Å². The third-order valence-corrected chi connectivity index (χ3v) is 4.56. The lowest BCUT2D eigenvalue weighted by molar-refractivity contribution is -0.153. The predicted molar refractivity (Wildman–Crippen MR) is 111 cm³/mol. The number of nitrogens with zero attached hydrogens (tertiary/aromatic N) is 1. The fraction of sp³-hybridized carbons (Fsp3) is 0.273. The average molecular weight is 393 g/mol. The molecule has 0 aliphatic carbocycles. The number of aryl methyl sites for hydroxylation is 3. The Morgan fingerprint density at radius 1 is 1.17 bits per heavy atom. The number of fused-ring (bicyclic) bond motifs is 1. The molecule has 1 aromatic heterocycles. The van der Waals surface area contributed by atoms with Crippen LogP contribution in [0.2, 0.25) is 0 Å². The highest BCUT2D eigenvalue weighted by atomic mass is 16.5. The number of H-pyrrole nitrogens is 1. The molecule has 1 heterocycles. The predicted octanol–water partition coefficient (Wildman–Crippen LogP) is 3.04. The topological polar surface area (TPSA) is 101 Å². The molecule has 2 aromatic carbocycles. The Kier molecular flexibility index (Phi) is 6.07. The Morgan fingerprint density at radius 3 is 2.72 bits per heavy atom. The maximum atomic E-state index is 12.3. The largest absolute Gasteiger partial charge is 0.453 e. The number of carbonyl (C=O) groups is 2. The van der Waals surface area contributed by atoms with Crippen molar-refractivity contribution in [3.05, 3.63) is 69.8 Å². The van der Waals surface area contributed by atoms with Gasteiger partial charge in [-0.1, -0.05) is 24.3 Å². The van der Waals surface area contributed by atoms with Crippen LogP contribution < -0.4 is 10.9 Å². The van der Waals surface area contributed by atoms with Crippen molar-refractivity contribution in [1.82, 2.24) is 9.97 Å². The average Bonchev–Trinajstić information content (AvgIpc) is 2.69. The first-order chi connectivity index (χ1) is 13.8. The van der Waals surface area contributed by atoms with E-state index in [0.717, 1.165) is 11.1 Å². The summed E-state index contributed by atoms with van der Waals surface area (Å²) in [5, 5.41) is 3.28. The molecular formula is C22H23N3O4. The van der Waals surface area contributed by atoms with Crippen LogP contribution in [0, 0.1) is 13.8 Å². The number of nitrogens with one attached hydrogen (secondary N) is 2. The second-order valence-electron chi connectivity index (χ2n) is 6.97. The summed E-state index contributed by atoms with van der Waals surface area (Å²) in [4.78, 5) is 43.6. The Balaban J connectivity index is 1.57. The van der Waals surface area contributed by atoms with Crippen molar-refractivity contribution in [3.63, 3.8) is 0 Å². The zero-order valence-electron chi connectivity index (χ0n) is 16.6. The van der Waals surface area contributed by atoms with Crippen LogP contribution in [0.15, 0.2) is 47.3 Å². The minimum atomic E-state index is -0.939. The van der Waals surface area contributed by atoms with E-state index in [1.54, 1.807) is 24.3 Å². The fourth-order valence-corrected chi connectivity index (χ4v) is 2.89. The Labute approximate surface area is 168 Å². The molecule has 7 heteroatoms. The van der Waals surface area contributed by atoms with Gasteiger partial charge in [0.1, 0.15) is 5.82 Å². The van der Waals surface area contributed by atoms with Gasteiger partial charge in [-0.25, -0.2) is 4.98 Å². The van der Waals surface area contributed by atoms with Gasteiger partial charge in [-0.2, -0.15) is 0 Å². The monoisotopic (exact) mass is 393 g/mol. The van der Waals surface area contributed by atoms with Crippen LogP contribution in [-0.2, 0) is 20.7 Å². The summed E-state index contributed by atoms with van der Waals surface area (Å²) < 4.78 is 5.22. The molecule has 3 aromatic rings. The van der Waals surface area contributed by atoms with E-state index in [2.05, 4.69) is 15.3 Å². The minimum Gasteiger partial charge on any atom is -0.453 e. The maximum Gasteiger partial charge on any atom is 0.307 e. The van der Waals surface area contributed by atoms with Gasteiger partial charge in [0.05, 0.1) is 17.3 Å². The molecule has 0 bridgehead atoms. The number of ether oxygens (including phenoxy) is 1. The molecule has 0 fully saturated rings. The maximum absolute atomic E-state index is 12.3. The third kappa shape index (κ3) is 5.07. The van der Waals surface area contributed by atoms with Gasteiger partial charge in [0, 0.05) is 12.1 Å². The Bertz CT molecular complexity index is 1120. The van der Waals surface area contributed by atoms with Crippen molar-refractivity contribution in [2.24, 2.45) is 0 Å². The summed E-state index contributed by atoms with van der Waals surface area (Å²) in [5.74, 6) is -0.535. The zero-order valence-corrected chi connectivity index (χ0v) is 16.6. The van der Waals surface area contributed by atoms with Crippen LogP contribution in [0.5, 0.6) is 0 Å². The quantitative estimate of drug-likeness (QED) is 0.627. The third-order valence-electron chi connectivity index (χ3n) is 4.56. The lowest BCUT2D eigenvalue weighted by Crippen LogP contribution is -2.30. The summed E-state index contributed by atoms with van der Waals surface area (Å²) in [6, 6.07) is 12.7. The van der Waals surface area contributed by atoms with Crippen LogP contribution >= 0.6 is 0 Å². The molecule has 0 saturated carbocycles. The molecule has 1 atom stereocenters. The molecule has 3 rings (SSSR count). The van der Waals surface area contributed by atoms with Crippen molar-refractivity contribution in [3.8, 4) is 0 Å². The smallest absolute Gasteiger partial charge is 0.307 e. The summed E-state index contributed by atoms with van der Waals surface area (Å²) in [6.07, 6.45) is -0.724. The van der Waals surface area contributed by atoms with Crippen LogP contribution in [0.25, 0.3) is 10.9 Å². The second kappa shape index (κ2) is 8.68. The highest BCUT2D eigenvalue weighted by Gasteiger charge is 2.19. The van der Waals surface area contributed by atoms with Crippen molar-refractivity contribution in [1.29, 1.82) is 0 Å². The molecule has 0 aliphatic rings. The Morgan fingerprint density at radius 2 is 1.93 bits per heavy atom. The normalized spacial score (nSPS) is 11.8. The number of hydrogen-bond donors (Lipinski definition) is 2. The standard InChI is InChI=1S/C22H23N3O4/c1-13-8-9-14(2)18(12-13)24-21(27)15(3)29-20(26)11-10-19-23-17-7-5-4-6-16(17)22(28)25-19/h4-9,12,15H,10-11H2,1-3H3,(H,24,27)(H,23,25,28)/t15-/m1/s1. The van der Waals surface area contributed by atoms with Crippen molar-refractivity contribution in [2.45, 2.75) is 39.7 Å². The molecule has 29 heavy (non-hydrogen) atoms. The van der Waals surface area contributed by atoms with Gasteiger partial charge >= 0.3 is 5.97 Å². The molecule has 2 N–H and O–H groups in total. The molecule has 0 unspecified atom stereocenters. The van der Waals surface area contributed by atoms with E-state index in [-0.39, 0.29) is 18.4 Å². The number of carbonyl (C=O) groups excluding carboxylic acids is 2. The summed E-state index contributed by atoms with van der Waals surface area (Å²) >= 11 is 0. The summed E-state index contributed by atoms with van der Waals surface area (Å²) in [6.45, 7) is 5.35. The van der Waals surface area contributed by atoms with Gasteiger partial charge in [0.2, 0.25) is 0 Å². The number of anilines is 1. The highest BCUT2D eigenvalue weighted by Crippen LogP contribution is 2.17. The van der Waals surface area contributed by atoms with E-state index in [4.69, 9.17) is 4.74 Å². The molecule has 0 spiro atoms. The first-order valence-corrected chi connectivity index (χ1v) is 9.39. The van der Waals surface area contributed by atoms with Gasteiger partial charge in [0.25, 0.3) is 11.5 Å². The van der Waals surface area contributed by atoms with Gasteiger partial charge in [-0.05, 0) is 50.1 Å². The summed E-state index contributed by atoms with van der Waals surface area (Å²) in [7, 11) is 0. The molecule has 7 nitrogen and oxygen atoms in total. The number of esters is 1.